The van der Waals surface area contributed by atoms with Crippen molar-refractivity contribution in [2.75, 3.05) is 7.11 Å². The Morgan fingerprint density at radius 1 is 1.31 bits per heavy atom. The summed E-state index contributed by atoms with van der Waals surface area (Å²) < 4.78 is 5.18. The Balaban J connectivity index is 2.98. The van der Waals surface area contributed by atoms with Gasteiger partial charge in [0.05, 0.1) is 7.11 Å². The lowest BCUT2D eigenvalue weighted by Gasteiger charge is -2.29. The van der Waals surface area contributed by atoms with E-state index in [4.69, 9.17) is 4.74 Å². The fourth-order valence-corrected chi connectivity index (χ4v) is 2.09. The highest BCUT2D eigenvalue weighted by Gasteiger charge is 2.24. The monoisotopic (exact) mass is 218 g/mol. The molecule has 0 aliphatic carbocycles. The maximum absolute atomic E-state index is 5.18. The van der Waals surface area contributed by atoms with Crippen LogP contribution in [-0.2, 0) is 5.41 Å². The molecule has 1 atom stereocenters. The second-order valence-corrected chi connectivity index (χ2v) is 4.78. The number of hydrogen-bond donors (Lipinski definition) is 0. The molecule has 0 radical (unpaired) electrons. The molecule has 1 unspecified atom stereocenters. The zero-order valence-corrected chi connectivity index (χ0v) is 10.8. The summed E-state index contributed by atoms with van der Waals surface area (Å²) in [5.74, 6) is 0.914. The first-order valence-corrected chi connectivity index (χ1v) is 5.81. The minimum atomic E-state index is 0.193. The molecule has 1 nitrogen and oxygen atoms in total. The van der Waals surface area contributed by atoms with Crippen molar-refractivity contribution in [1.82, 2.24) is 0 Å². The van der Waals surface area contributed by atoms with Crippen molar-refractivity contribution in [3.05, 3.63) is 42.0 Å². The van der Waals surface area contributed by atoms with E-state index >= 15 is 0 Å². The minimum Gasteiger partial charge on any atom is -0.497 e. The predicted molar refractivity (Wildman–Crippen MR) is 70.1 cm³/mol. The number of hydrogen-bond acceptors (Lipinski definition) is 1. The number of allylic oxidation sites excluding steroid dienone is 1. The molecule has 0 saturated heterocycles. The fraction of sp³-hybridized carbons (Fsp3) is 0.467. The smallest absolute Gasteiger partial charge is 0.118 e. The molecule has 1 aromatic carbocycles. The Morgan fingerprint density at radius 2 is 1.88 bits per heavy atom. The lowest BCUT2D eigenvalue weighted by molar-refractivity contribution is 0.412. The van der Waals surface area contributed by atoms with Crippen molar-refractivity contribution >= 4 is 0 Å². The van der Waals surface area contributed by atoms with Gasteiger partial charge >= 0.3 is 0 Å². The summed E-state index contributed by atoms with van der Waals surface area (Å²) >= 11 is 0. The van der Waals surface area contributed by atoms with Crippen molar-refractivity contribution in [1.29, 1.82) is 0 Å². The van der Waals surface area contributed by atoms with Gasteiger partial charge in [0.1, 0.15) is 5.75 Å². The summed E-state index contributed by atoms with van der Waals surface area (Å²) in [6.07, 6.45) is 2.15. The van der Waals surface area contributed by atoms with Crippen LogP contribution in [0, 0.1) is 0 Å². The third-order valence-electron chi connectivity index (χ3n) is 3.26. The van der Waals surface area contributed by atoms with E-state index in [1.165, 1.54) is 11.1 Å². The Labute approximate surface area is 99.1 Å². The maximum atomic E-state index is 5.18. The van der Waals surface area contributed by atoms with Crippen LogP contribution < -0.4 is 4.74 Å². The summed E-state index contributed by atoms with van der Waals surface area (Å²) in [5, 5.41) is 0. The fourth-order valence-electron chi connectivity index (χ4n) is 2.09. The summed E-state index contributed by atoms with van der Waals surface area (Å²) in [7, 11) is 1.70. The van der Waals surface area contributed by atoms with Crippen LogP contribution in [0.2, 0.25) is 0 Å². The van der Waals surface area contributed by atoms with Gasteiger partial charge in [-0.2, -0.15) is 0 Å². The quantitative estimate of drug-likeness (QED) is 0.668. The molecule has 0 fully saturated rings. The van der Waals surface area contributed by atoms with Crippen LogP contribution in [0.5, 0.6) is 5.75 Å². The highest BCUT2D eigenvalue weighted by molar-refractivity contribution is 5.32. The number of methoxy groups -OCH3 is 1. The van der Waals surface area contributed by atoms with Crippen LogP contribution in [0.15, 0.2) is 36.4 Å². The third-order valence-corrected chi connectivity index (χ3v) is 3.26. The topological polar surface area (TPSA) is 9.23 Å². The average Bonchev–Trinajstić information content (AvgIpc) is 2.28. The molecule has 0 heterocycles. The molecule has 16 heavy (non-hydrogen) atoms. The molecule has 0 aliphatic rings. The van der Waals surface area contributed by atoms with E-state index in [0.717, 1.165) is 18.6 Å². The van der Waals surface area contributed by atoms with Gasteiger partial charge in [-0.3, -0.25) is 0 Å². The van der Waals surface area contributed by atoms with Gasteiger partial charge in [0.15, 0.2) is 0 Å². The van der Waals surface area contributed by atoms with Gasteiger partial charge < -0.3 is 4.74 Å². The van der Waals surface area contributed by atoms with Crippen molar-refractivity contribution in [3.63, 3.8) is 0 Å². The van der Waals surface area contributed by atoms with Crippen LogP contribution in [0.1, 0.15) is 39.2 Å². The Bertz CT molecular complexity index is 350. The summed E-state index contributed by atoms with van der Waals surface area (Å²) in [6, 6.07) is 8.37. The minimum absolute atomic E-state index is 0.193. The first-order chi connectivity index (χ1) is 7.51. The Morgan fingerprint density at radius 3 is 2.25 bits per heavy atom. The number of benzene rings is 1. The van der Waals surface area contributed by atoms with E-state index in [1.807, 2.05) is 12.1 Å². The molecule has 0 saturated carbocycles. The number of ether oxygens (including phenoxy) is 1. The van der Waals surface area contributed by atoms with Crippen LogP contribution >= 0.6 is 0 Å². The van der Waals surface area contributed by atoms with Gasteiger partial charge in [-0.15, -0.1) is 6.58 Å². The maximum Gasteiger partial charge on any atom is 0.118 e. The van der Waals surface area contributed by atoms with Gasteiger partial charge in [-0.25, -0.2) is 0 Å². The van der Waals surface area contributed by atoms with E-state index in [0.29, 0.717) is 0 Å². The third kappa shape index (κ3) is 2.88. The zero-order chi connectivity index (χ0) is 12.2. The van der Waals surface area contributed by atoms with Gasteiger partial charge in [-0.05, 0) is 42.9 Å². The van der Waals surface area contributed by atoms with Crippen molar-refractivity contribution in [2.24, 2.45) is 0 Å². The molecule has 88 valence electrons. The molecule has 0 aliphatic heterocycles. The van der Waals surface area contributed by atoms with Crippen LogP contribution in [0.25, 0.3) is 0 Å². The van der Waals surface area contributed by atoms with Crippen molar-refractivity contribution in [2.45, 2.75) is 39.0 Å². The largest absolute Gasteiger partial charge is 0.497 e. The first kappa shape index (κ1) is 12.8. The van der Waals surface area contributed by atoms with Gasteiger partial charge in [0.25, 0.3) is 0 Å². The van der Waals surface area contributed by atoms with Gasteiger partial charge in [0.2, 0.25) is 0 Å². The molecule has 0 spiro atoms. The summed E-state index contributed by atoms with van der Waals surface area (Å²) in [6.45, 7) is 10.6. The lowest BCUT2D eigenvalue weighted by atomic mass is 9.75. The zero-order valence-electron chi connectivity index (χ0n) is 10.8. The molecule has 1 heteroatoms. The van der Waals surface area contributed by atoms with E-state index < -0.39 is 0 Å². The summed E-state index contributed by atoms with van der Waals surface area (Å²) in [5.41, 5.74) is 2.79. The van der Waals surface area contributed by atoms with Crippen LogP contribution in [0.4, 0.5) is 0 Å². The normalized spacial score (nSPS) is 14.2. The van der Waals surface area contributed by atoms with E-state index in [-0.39, 0.29) is 5.41 Å². The van der Waals surface area contributed by atoms with Gasteiger partial charge in [-0.1, -0.05) is 31.6 Å². The van der Waals surface area contributed by atoms with Crippen LogP contribution in [0.3, 0.4) is 0 Å². The number of rotatable bonds is 5. The molecule has 0 N–H and O–H groups in total. The van der Waals surface area contributed by atoms with Gasteiger partial charge in [0, 0.05) is 0 Å². The highest BCUT2D eigenvalue weighted by atomic mass is 16.5. The Kier molecular flexibility index (Phi) is 4.17. The lowest BCUT2D eigenvalue weighted by Crippen LogP contribution is -2.21. The second kappa shape index (κ2) is 5.20. The first-order valence-electron chi connectivity index (χ1n) is 5.81. The van der Waals surface area contributed by atoms with Crippen LogP contribution in [-0.4, -0.2) is 7.11 Å². The molecule has 1 rings (SSSR count). The molecular formula is C15H22O. The van der Waals surface area contributed by atoms with E-state index in [2.05, 4.69) is 39.5 Å². The molecule has 0 aromatic heterocycles. The highest BCUT2D eigenvalue weighted by Crippen LogP contribution is 2.34. The molecule has 0 bridgehead atoms. The average molecular weight is 218 g/mol. The SMILES string of the molecule is C=C(C)CC(C)(CC)c1ccc(OC)cc1. The van der Waals surface area contributed by atoms with E-state index in [1.54, 1.807) is 7.11 Å². The van der Waals surface area contributed by atoms with E-state index in [9.17, 15) is 0 Å². The second-order valence-electron chi connectivity index (χ2n) is 4.78. The van der Waals surface area contributed by atoms with Crippen molar-refractivity contribution < 1.29 is 4.74 Å². The predicted octanol–water partition coefficient (Wildman–Crippen LogP) is 4.33. The molecule has 0 amide bonds. The molecular weight excluding hydrogens is 196 g/mol. The molecule has 1 aromatic rings. The Hall–Kier alpha value is -1.24. The van der Waals surface area contributed by atoms with Crippen molar-refractivity contribution in [3.8, 4) is 5.75 Å². The summed E-state index contributed by atoms with van der Waals surface area (Å²) in [4.78, 5) is 0. The standard InChI is InChI=1S/C15H22O/c1-6-15(4,11-12(2)3)13-7-9-14(16-5)10-8-13/h7-10H,2,6,11H2,1,3-5H3.